The number of nitrogens with zero attached hydrogens (tertiary/aromatic N) is 1. The number of nitrogens with one attached hydrogen (secondary N) is 1. The Hall–Kier alpha value is -3.61. The van der Waals surface area contributed by atoms with Crippen LogP contribution in [-0.4, -0.2) is 32.6 Å². The lowest BCUT2D eigenvalue weighted by Gasteiger charge is -2.13. The summed E-state index contributed by atoms with van der Waals surface area (Å²) < 4.78 is 10.3. The minimum absolute atomic E-state index is 0.240. The fourth-order valence-electron chi connectivity index (χ4n) is 2.57. The molecule has 1 aromatic heterocycles. The van der Waals surface area contributed by atoms with E-state index in [1.165, 1.54) is 0 Å². The summed E-state index contributed by atoms with van der Waals surface area (Å²) in [5.41, 5.74) is 1.92. The highest BCUT2D eigenvalue weighted by Gasteiger charge is 2.15. The van der Waals surface area contributed by atoms with Crippen molar-refractivity contribution >= 4 is 28.5 Å². The highest BCUT2D eigenvalue weighted by molar-refractivity contribution is 5.90. The first-order valence-corrected chi connectivity index (χ1v) is 8.67. The van der Waals surface area contributed by atoms with Gasteiger partial charge in [-0.15, -0.1) is 0 Å². The van der Waals surface area contributed by atoms with Gasteiger partial charge in [-0.25, -0.2) is 4.79 Å². The van der Waals surface area contributed by atoms with Crippen molar-refractivity contribution in [1.82, 2.24) is 5.32 Å². The number of anilines is 1. The molecular formula is C21H20N2O5. The van der Waals surface area contributed by atoms with E-state index in [1.807, 2.05) is 43.3 Å². The highest BCUT2D eigenvalue weighted by atomic mass is 16.5. The van der Waals surface area contributed by atoms with Crippen molar-refractivity contribution in [2.24, 2.45) is 0 Å². The molecule has 0 radical (unpaired) electrons. The smallest absolute Gasteiger partial charge is 0.374 e. The number of hydrogen-bond donors (Lipinski definition) is 1. The number of rotatable bonds is 6. The molecule has 7 heteroatoms. The van der Waals surface area contributed by atoms with Gasteiger partial charge in [-0.2, -0.15) is 0 Å². The summed E-state index contributed by atoms with van der Waals surface area (Å²) in [7, 11) is 3.89. The topological polar surface area (TPSA) is 88.9 Å². The number of para-hydroxylation sites is 1. The van der Waals surface area contributed by atoms with Crippen LogP contribution < -0.4 is 15.6 Å². The standard InChI is InChI=1S/C21H20N2O5/c1-23(2)15-9-7-14(8-10-15)12-22-20(25)13-27-21(26)19-11-17(24)16-5-3-4-6-18(16)28-19/h3-11H,12-13H2,1-2H3,(H,22,25). The lowest BCUT2D eigenvalue weighted by atomic mass is 10.2. The van der Waals surface area contributed by atoms with Crippen molar-refractivity contribution < 1.29 is 18.7 Å². The second-order valence-corrected chi connectivity index (χ2v) is 6.38. The van der Waals surface area contributed by atoms with Crippen molar-refractivity contribution in [1.29, 1.82) is 0 Å². The zero-order valence-electron chi connectivity index (χ0n) is 15.6. The van der Waals surface area contributed by atoms with E-state index in [-0.39, 0.29) is 16.8 Å². The highest BCUT2D eigenvalue weighted by Crippen LogP contribution is 2.13. The molecule has 0 atom stereocenters. The molecule has 0 unspecified atom stereocenters. The Balaban J connectivity index is 1.54. The molecule has 3 aromatic rings. The van der Waals surface area contributed by atoms with Gasteiger partial charge in [-0.1, -0.05) is 24.3 Å². The summed E-state index contributed by atoms with van der Waals surface area (Å²) in [6.07, 6.45) is 0. The number of carbonyl (C=O) groups is 2. The molecule has 1 N–H and O–H groups in total. The van der Waals surface area contributed by atoms with E-state index in [0.717, 1.165) is 17.3 Å². The predicted molar refractivity (Wildman–Crippen MR) is 105 cm³/mol. The van der Waals surface area contributed by atoms with Gasteiger partial charge >= 0.3 is 5.97 Å². The molecule has 7 nitrogen and oxygen atoms in total. The van der Waals surface area contributed by atoms with Crippen molar-refractivity contribution in [2.45, 2.75) is 6.54 Å². The molecule has 0 saturated heterocycles. The number of benzene rings is 2. The third-order valence-corrected chi connectivity index (χ3v) is 4.11. The first-order valence-electron chi connectivity index (χ1n) is 8.67. The van der Waals surface area contributed by atoms with Crippen LogP contribution >= 0.6 is 0 Å². The maximum absolute atomic E-state index is 12.1. The Bertz CT molecular complexity index is 1050. The summed E-state index contributed by atoms with van der Waals surface area (Å²) in [4.78, 5) is 38.0. The van der Waals surface area contributed by atoms with Gasteiger partial charge in [-0.3, -0.25) is 9.59 Å². The van der Waals surface area contributed by atoms with Crippen molar-refractivity contribution in [3.63, 3.8) is 0 Å². The summed E-state index contributed by atoms with van der Waals surface area (Å²) in [6, 6.07) is 15.4. The van der Waals surface area contributed by atoms with E-state index in [1.54, 1.807) is 24.3 Å². The second-order valence-electron chi connectivity index (χ2n) is 6.38. The predicted octanol–water partition coefficient (Wildman–Crippen LogP) is 2.33. The van der Waals surface area contributed by atoms with E-state index in [2.05, 4.69) is 5.32 Å². The number of amides is 1. The molecule has 0 bridgehead atoms. The molecule has 1 heterocycles. The lowest BCUT2D eigenvalue weighted by molar-refractivity contribution is -0.124. The van der Waals surface area contributed by atoms with Crippen LogP contribution in [0.25, 0.3) is 11.0 Å². The Labute approximate surface area is 161 Å². The quantitative estimate of drug-likeness (QED) is 0.661. The third kappa shape index (κ3) is 4.56. The molecule has 0 aliphatic carbocycles. The summed E-state index contributed by atoms with van der Waals surface area (Å²) in [5.74, 6) is -1.56. The van der Waals surface area contributed by atoms with Crippen LogP contribution in [0.15, 0.2) is 63.8 Å². The van der Waals surface area contributed by atoms with E-state index < -0.39 is 18.5 Å². The van der Waals surface area contributed by atoms with Gasteiger partial charge in [0.25, 0.3) is 5.91 Å². The third-order valence-electron chi connectivity index (χ3n) is 4.11. The van der Waals surface area contributed by atoms with Crippen LogP contribution in [0.4, 0.5) is 5.69 Å². The average molecular weight is 380 g/mol. The van der Waals surface area contributed by atoms with Gasteiger partial charge in [0.05, 0.1) is 5.39 Å². The van der Waals surface area contributed by atoms with Gasteiger partial charge in [0.1, 0.15) is 5.58 Å². The zero-order valence-corrected chi connectivity index (χ0v) is 15.6. The van der Waals surface area contributed by atoms with Crippen molar-refractivity contribution in [3.8, 4) is 0 Å². The normalized spacial score (nSPS) is 10.5. The summed E-state index contributed by atoms with van der Waals surface area (Å²) >= 11 is 0. The molecule has 3 rings (SSSR count). The van der Waals surface area contributed by atoms with Gasteiger partial charge in [0, 0.05) is 32.4 Å². The van der Waals surface area contributed by atoms with Gasteiger partial charge in [0.15, 0.2) is 12.0 Å². The second kappa shape index (κ2) is 8.39. The van der Waals surface area contributed by atoms with E-state index in [9.17, 15) is 14.4 Å². The molecule has 0 saturated carbocycles. The van der Waals surface area contributed by atoms with Crippen molar-refractivity contribution in [3.05, 3.63) is 76.1 Å². The maximum atomic E-state index is 12.1. The van der Waals surface area contributed by atoms with E-state index in [0.29, 0.717) is 11.9 Å². The zero-order chi connectivity index (χ0) is 20.1. The molecule has 144 valence electrons. The lowest BCUT2D eigenvalue weighted by Crippen LogP contribution is -2.28. The largest absolute Gasteiger partial charge is 0.450 e. The monoisotopic (exact) mass is 380 g/mol. The Morgan fingerprint density at radius 1 is 1.07 bits per heavy atom. The molecule has 0 aliphatic rings. The Morgan fingerprint density at radius 2 is 1.79 bits per heavy atom. The SMILES string of the molecule is CN(C)c1ccc(CNC(=O)COC(=O)c2cc(=O)c3ccccc3o2)cc1. The first kappa shape index (κ1) is 19.2. The first-order chi connectivity index (χ1) is 13.4. The minimum Gasteiger partial charge on any atom is -0.450 e. The number of esters is 1. The number of carbonyl (C=O) groups excluding carboxylic acids is 2. The molecule has 1 amide bonds. The number of hydrogen-bond acceptors (Lipinski definition) is 6. The van der Waals surface area contributed by atoms with Crippen LogP contribution in [0.3, 0.4) is 0 Å². The summed E-state index contributed by atoms with van der Waals surface area (Å²) in [6.45, 7) is -0.152. The van der Waals surface area contributed by atoms with Crippen LogP contribution in [0.1, 0.15) is 16.1 Å². The summed E-state index contributed by atoms with van der Waals surface area (Å²) in [5, 5.41) is 3.05. The van der Waals surface area contributed by atoms with Crippen LogP contribution in [0.2, 0.25) is 0 Å². The average Bonchev–Trinajstić information content (AvgIpc) is 2.70. The van der Waals surface area contributed by atoms with Gasteiger partial charge in [0.2, 0.25) is 5.76 Å². The maximum Gasteiger partial charge on any atom is 0.374 e. The van der Waals surface area contributed by atoms with Gasteiger partial charge < -0.3 is 19.4 Å². The molecule has 2 aromatic carbocycles. The molecule has 0 fully saturated rings. The van der Waals surface area contributed by atoms with Crippen molar-refractivity contribution in [2.75, 3.05) is 25.6 Å². The molecular weight excluding hydrogens is 360 g/mol. The number of fused-ring (bicyclic) bond motifs is 1. The number of ether oxygens (including phenoxy) is 1. The Kier molecular flexibility index (Phi) is 5.74. The van der Waals surface area contributed by atoms with Crippen LogP contribution in [-0.2, 0) is 16.1 Å². The van der Waals surface area contributed by atoms with Gasteiger partial charge in [-0.05, 0) is 29.8 Å². The van der Waals surface area contributed by atoms with E-state index >= 15 is 0 Å². The Morgan fingerprint density at radius 3 is 2.50 bits per heavy atom. The van der Waals surface area contributed by atoms with Crippen LogP contribution in [0, 0.1) is 0 Å². The molecule has 28 heavy (non-hydrogen) atoms. The van der Waals surface area contributed by atoms with E-state index in [4.69, 9.17) is 9.15 Å². The fraction of sp³-hybridized carbons (Fsp3) is 0.190. The van der Waals surface area contributed by atoms with Crippen LogP contribution in [0.5, 0.6) is 0 Å². The minimum atomic E-state index is -0.867. The molecule has 0 aliphatic heterocycles. The fourth-order valence-corrected chi connectivity index (χ4v) is 2.57. The molecule has 0 spiro atoms.